The summed E-state index contributed by atoms with van der Waals surface area (Å²) in [5, 5.41) is 9.70. The van der Waals surface area contributed by atoms with Crippen LogP contribution in [0.15, 0.2) is 12.1 Å². The fraction of sp³-hybridized carbons (Fsp3) is 0.500. The Morgan fingerprint density at radius 3 is 2.38 bits per heavy atom. The van der Waals surface area contributed by atoms with Crippen LogP contribution in [0.25, 0.3) is 0 Å². The zero-order valence-corrected chi connectivity index (χ0v) is 8.93. The normalized spacial score (nSPS) is 13.6. The highest BCUT2D eigenvalue weighted by atomic mass is 35.5. The fourth-order valence-electron chi connectivity index (χ4n) is 0.975. The number of halogens is 1. The Bertz CT molecular complexity index is 260. The molecule has 0 saturated carbocycles. The van der Waals surface area contributed by atoms with E-state index in [4.69, 9.17) is 21.1 Å². The lowest BCUT2D eigenvalue weighted by molar-refractivity contribution is -0.165. The Kier molecular flexibility index (Phi) is 4.15. The first-order chi connectivity index (χ1) is 6.19. The van der Waals surface area contributed by atoms with Crippen LogP contribution in [0.3, 0.4) is 0 Å². The second kappa shape index (κ2) is 4.93. The summed E-state index contributed by atoms with van der Waals surface area (Å²) in [6.45, 7) is 0. The molecule has 0 aliphatic rings. The predicted octanol–water partition coefficient (Wildman–Crippen LogP) is 2.05. The van der Waals surface area contributed by atoms with Crippen LogP contribution in [-0.4, -0.2) is 25.6 Å². The lowest BCUT2D eigenvalue weighted by atomic mass is 10.3. The number of hydrogen-bond donors (Lipinski definition) is 1. The third-order valence-corrected chi connectivity index (χ3v) is 2.91. The summed E-state index contributed by atoms with van der Waals surface area (Å²) >= 11 is 7.03. The minimum atomic E-state index is -0.785. The molecule has 5 heteroatoms. The van der Waals surface area contributed by atoms with Crippen molar-refractivity contribution in [3.63, 3.8) is 0 Å². The number of hydrogen-bond acceptors (Lipinski definition) is 4. The molecule has 1 unspecified atom stereocenters. The maximum Gasteiger partial charge on any atom is 0.187 e. The number of aliphatic hydroxyl groups excluding tert-OH is 1. The molecule has 0 amide bonds. The Labute approximate surface area is 85.9 Å². The molecular formula is C8H11ClO3S. The average molecular weight is 223 g/mol. The summed E-state index contributed by atoms with van der Waals surface area (Å²) in [5.41, 5.74) is 0. The summed E-state index contributed by atoms with van der Waals surface area (Å²) in [5.74, 6) is 0. The van der Waals surface area contributed by atoms with E-state index in [1.807, 2.05) is 0 Å². The van der Waals surface area contributed by atoms with Crippen LogP contribution in [0.5, 0.6) is 0 Å². The van der Waals surface area contributed by atoms with Gasteiger partial charge in [-0.05, 0) is 12.1 Å². The van der Waals surface area contributed by atoms with Crippen molar-refractivity contribution in [3.05, 3.63) is 21.3 Å². The van der Waals surface area contributed by atoms with Crippen molar-refractivity contribution in [2.75, 3.05) is 14.2 Å². The molecule has 74 valence electrons. The molecule has 0 saturated heterocycles. The Hall–Kier alpha value is -0.130. The Morgan fingerprint density at radius 1 is 1.38 bits per heavy atom. The molecule has 1 atom stereocenters. The van der Waals surface area contributed by atoms with Crippen molar-refractivity contribution in [1.29, 1.82) is 0 Å². The topological polar surface area (TPSA) is 38.7 Å². The second-order valence-electron chi connectivity index (χ2n) is 2.43. The highest BCUT2D eigenvalue weighted by Gasteiger charge is 2.21. The van der Waals surface area contributed by atoms with Crippen molar-refractivity contribution in [3.8, 4) is 0 Å². The van der Waals surface area contributed by atoms with Gasteiger partial charge in [0.25, 0.3) is 0 Å². The standard InChI is InChI=1S/C8H11ClO3S/c1-11-8(12-2)7(10)5-3-4-6(9)13-5/h3-4,7-8,10H,1-2H3. The van der Waals surface area contributed by atoms with Crippen LogP contribution >= 0.6 is 22.9 Å². The van der Waals surface area contributed by atoms with E-state index in [1.165, 1.54) is 25.6 Å². The molecule has 0 bridgehead atoms. The molecule has 0 fully saturated rings. The van der Waals surface area contributed by atoms with Gasteiger partial charge >= 0.3 is 0 Å². The molecule has 0 aromatic carbocycles. The molecular weight excluding hydrogens is 212 g/mol. The maximum absolute atomic E-state index is 9.70. The first-order valence-electron chi connectivity index (χ1n) is 3.68. The van der Waals surface area contributed by atoms with Gasteiger partial charge < -0.3 is 14.6 Å². The molecule has 0 radical (unpaired) electrons. The molecule has 0 aliphatic carbocycles. The van der Waals surface area contributed by atoms with Crippen molar-refractivity contribution in [1.82, 2.24) is 0 Å². The first-order valence-corrected chi connectivity index (χ1v) is 4.87. The minimum Gasteiger partial charge on any atom is -0.382 e. The second-order valence-corrected chi connectivity index (χ2v) is 4.17. The first kappa shape index (κ1) is 10.9. The van der Waals surface area contributed by atoms with Gasteiger partial charge in [0.15, 0.2) is 6.29 Å². The molecule has 1 N–H and O–H groups in total. The fourth-order valence-corrected chi connectivity index (χ4v) is 2.03. The van der Waals surface area contributed by atoms with Gasteiger partial charge in [-0.1, -0.05) is 11.6 Å². The van der Waals surface area contributed by atoms with E-state index >= 15 is 0 Å². The molecule has 1 aromatic heterocycles. The quantitative estimate of drug-likeness (QED) is 0.793. The zero-order valence-electron chi connectivity index (χ0n) is 7.36. The van der Waals surface area contributed by atoms with E-state index in [9.17, 15) is 5.11 Å². The van der Waals surface area contributed by atoms with E-state index in [0.29, 0.717) is 4.34 Å². The van der Waals surface area contributed by atoms with Gasteiger partial charge in [-0.25, -0.2) is 0 Å². The van der Waals surface area contributed by atoms with E-state index in [2.05, 4.69) is 0 Å². The van der Waals surface area contributed by atoms with E-state index in [-0.39, 0.29) is 0 Å². The molecule has 1 heterocycles. The zero-order chi connectivity index (χ0) is 9.84. The van der Waals surface area contributed by atoms with E-state index in [1.54, 1.807) is 12.1 Å². The van der Waals surface area contributed by atoms with Crippen molar-refractivity contribution >= 4 is 22.9 Å². The van der Waals surface area contributed by atoms with Crippen LogP contribution < -0.4 is 0 Å². The number of ether oxygens (including phenoxy) is 2. The van der Waals surface area contributed by atoms with Crippen LogP contribution in [0.1, 0.15) is 11.0 Å². The van der Waals surface area contributed by atoms with Gasteiger partial charge in [-0.15, -0.1) is 11.3 Å². The lowest BCUT2D eigenvalue weighted by Gasteiger charge is -2.18. The van der Waals surface area contributed by atoms with Gasteiger partial charge in [-0.3, -0.25) is 0 Å². The van der Waals surface area contributed by atoms with Gasteiger partial charge in [-0.2, -0.15) is 0 Å². The summed E-state index contributed by atoms with van der Waals surface area (Å²) in [6.07, 6.45) is -1.43. The van der Waals surface area contributed by atoms with Crippen molar-refractivity contribution in [2.45, 2.75) is 12.4 Å². The summed E-state index contributed by atoms with van der Waals surface area (Å²) < 4.78 is 10.5. The highest BCUT2D eigenvalue weighted by Crippen LogP contribution is 2.29. The van der Waals surface area contributed by atoms with Gasteiger partial charge in [0.2, 0.25) is 0 Å². The SMILES string of the molecule is COC(OC)C(O)c1ccc(Cl)s1. The number of methoxy groups -OCH3 is 2. The van der Waals surface area contributed by atoms with Gasteiger partial charge in [0.1, 0.15) is 6.10 Å². The summed E-state index contributed by atoms with van der Waals surface area (Å²) in [6, 6.07) is 3.48. The molecule has 13 heavy (non-hydrogen) atoms. The summed E-state index contributed by atoms with van der Waals surface area (Å²) in [7, 11) is 2.96. The highest BCUT2D eigenvalue weighted by molar-refractivity contribution is 7.16. The van der Waals surface area contributed by atoms with Crippen LogP contribution in [0.4, 0.5) is 0 Å². The average Bonchev–Trinajstić information content (AvgIpc) is 2.54. The lowest BCUT2D eigenvalue weighted by Crippen LogP contribution is -2.21. The third kappa shape index (κ3) is 2.65. The molecule has 1 aromatic rings. The largest absolute Gasteiger partial charge is 0.382 e. The number of aliphatic hydroxyl groups is 1. The van der Waals surface area contributed by atoms with Gasteiger partial charge in [0, 0.05) is 19.1 Å². The number of thiophene rings is 1. The maximum atomic E-state index is 9.70. The summed E-state index contributed by atoms with van der Waals surface area (Å²) in [4.78, 5) is 0.735. The van der Waals surface area contributed by atoms with Gasteiger partial charge in [0.05, 0.1) is 4.34 Å². The van der Waals surface area contributed by atoms with Crippen molar-refractivity contribution < 1.29 is 14.6 Å². The Balaban J connectivity index is 2.71. The molecule has 0 spiro atoms. The Morgan fingerprint density at radius 2 is 2.00 bits per heavy atom. The minimum absolute atomic E-state index is 0.639. The molecule has 0 aliphatic heterocycles. The van der Waals surface area contributed by atoms with E-state index in [0.717, 1.165) is 4.88 Å². The molecule has 1 rings (SSSR count). The predicted molar refractivity (Wildman–Crippen MR) is 52.1 cm³/mol. The van der Waals surface area contributed by atoms with Crippen LogP contribution in [0, 0.1) is 0 Å². The van der Waals surface area contributed by atoms with E-state index < -0.39 is 12.4 Å². The van der Waals surface area contributed by atoms with Crippen LogP contribution in [0.2, 0.25) is 4.34 Å². The third-order valence-electron chi connectivity index (χ3n) is 1.61. The number of rotatable bonds is 4. The van der Waals surface area contributed by atoms with Crippen LogP contribution in [-0.2, 0) is 9.47 Å². The van der Waals surface area contributed by atoms with Crippen molar-refractivity contribution in [2.24, 2.45) is 0 Å². The smallest absolute Gasteiger partial charge is 0.187 e. The molecule has 3 nitrogen and oxygen atoms in total. The monoisotopic (exact) mass is 222 g/mol.